The molecule has 0 bridgehead atoms. The Balaban J connectivity index is 1.99. The predicted molar refractivity (Wildman–Crippen MR) is 140 cm³/mol. The van der Waals surface area contributed by atoms with E-state index < -0.39 is 35.4 Å². The van der Waals surface area contributed by atoms with Gasteiger partial charge in [-0.15, -0.1) is 0 Å². The quantitative estimate of drug-likeness (QED) is 0.161. The van der Waals surface area contributed by atoms with E-state index in [4.69, 9.17) is 18.9 Å². The average Bonchev–Trinajstić information content (AvgIpc) is 2.88. The van der Waals surface area contributed by atoms with Gasteiger partial charge in [0.05, 0.1) is 30.7 Å². The number of nitro groups is 1. The monoisotopic (exact) mass is 568 g/mol. The van der Waals surface area contributed by atoms with Crippen LogP contribution in [0.1, 0.15) is 31.4 Å². The summed E-state index contributed by atoms with van der Waals surface area (Å²) in [5.74, 6) is -3.49. The van der Waals surface area contributed by atoms with Crippen molar-refractivity contribution in [2.24, 2.45) is 0 Å². The van der Waals surface area contributed by atoms with Crippen LogP contribution in [0.3, 0.4) is 0 Å². The molecule has 0 heterocycles. The molecular formula is C27H34F2N2O9. The third-order valence-corrected chi connectivity index (χ3v) is 5.65. The summed E-state index contributed by atoms with van der Waals surface area (Å²) >= 11 is 0. The first-order valence-corrected chi connectivity index (χ1v) is 12.6. The minimum atomic E-state index is -2.88. The van der Waals surface area contributed by atoms with Gasteiger partial charge in [0.2, 0.25) is 5.92 Å². The van der Waals surface area contributed by atoms with Gasteiger partial charge in [-0.1, -0.05) is 12.1 Å². The van der Waals surface area contributed by atoms with Crippen molar-refractivity contribution in [1.82, 2.24) is 4.90 Å². The van der Waals surface area contributed by atoms with Crippen LogP contribution in [-0.4, -0.2) is 78.5 Å². The van der Waals surface area contributed by atoms with Crippen LogP contribution in [0, 0.1) is 17.0 Å². The first-order chi connectivity index (χ1) is 18.9. The number of benzene rings is 2. The van der Waals surface area contributed by atoms with Crippen LogP contribution in [0.25, 0.3) is 0 Å². The fraction of sp³-hybridized carbons (Fsp3) is 0.481. The number of hydrogen-bond acceptors (Lipinski definition) is 8. The lowest BCUT2D eigenvalue weighted by Crippen LogP contribution is -2.39. The molecule has 1 atom stereocenters. The number of rotatable bonds is 17. The molecule has 1 N–H and O–H groups in total. The SMILES string of the molecule is CCOC(Cc1ccc(OCCN(CCOCCC(C)(F)F)C(=O)Oc2ccc(C)c([N+](=O)[O-])c2)cc1)C(=O)O. The Morgan fingerprint density at radius 1 is 1.07 bits per heavy atom. The summed E-state index contributed by atoms with van der Waals surface area (Å²) in [5, 5.41) is 20.5. The van der Waals surface area contributed by atoms with Gasteiger partial charge in [0.25, 0.3) is 5.69 Å². The number of nitrogens with zero attached hydrogens (tertiary/aromatic N) is 2. The van der Waals surface area contributed by atoms with Gasteiger partial charge in [-0.3, -0.25) is 10.1 Å². The molecule has 11 nitrogen and oxygen atoms in total. The first-order valence-electron chi connectivity index (χ1n) is 12.6. The second-order valence-corrected chi connectivity index (χ2v) is 8.97. The number of amides is 1. The zero-order valence-electron chi connectivity index (χ0n) is 22.6. The molecule has 2 aromatic carbocycles. The van der Waals surface area contributed by atoms with Gasteiger partial charge in [0.15, 0.2) is 6.10 Å². The number of carboxylic acids is 1. The van der Waals surface area contributed by atoms with Crippen molar-refractivity contribution in [3.8, 4) is 11.5 Å². The molecule has 0 saturated carbocycles. The van der Waals surface area contributed by atoms with Gasteiger partial charge in [-0.05, 0) is 50.6 Å². The Hall–Kier alpha value is -3.84. The number of aryl methyl sites for hydroxylation is 1. The molecular weight excluding hydrogens is 534 g/mol. The summed E-state index contributed by atoms with van der Waals surface area (Å²) in [6.45, 7) is 4.15. The number of ether oxygens (including phenoxy) is 4. The van der Waals surface area contributed by atoms with Crippen LogP contribution in [-0.2, 0) is 20.7 Å². The van der Waals surface area contributed by atoms with Crippen molar-refractivity contribution in [3.63, 3.8) is 0 Å². The predicted octanol–water partition coefficient (Wildman–Crippen LogP) is 4.88. The van der Waals surface area contributed by atoms with Crippen molar-refractivity contribution in [2.75, 3.05) is 39.5 Å². The van der Waals surface area contributed by atoms with E-state index in [1.165, 1.54) is 17.0 Å². The van der Waals surface area contributed by atoms with Crippen molar-refractivity contribution >= 4 is 17.7 Å². The smallest absolute Gasteiger partial charge is 0.415 e. The highest BCUT2D eigenvalue weighted by atomic mass is 19.3. The molecule has 1 unspecified atom stereocenters. The number of nitro benzene ring substituents is 1. The number of halogens is 2. The van der Waals surface area contributed by atoms with Crippen molar-refractivity contribution in [2.45, 2.75) is 45.6 Å². The highest BCUT2D eigenvalue weighted by Crippen LogP contribution is 2.24. The fourth-order valence-electron chi connectivity index (χ4n) is 3.47. The Bertz CT molecular complexity index is 1120. The summed E-state index contributed by atoms with van der Waals surface area (Å²) in [6.07, 6.45) is -2.07. The lowest BCUT2D eigenvalue weighted by molar-refractivity contribution is -0.385. The van der Waals surface area contributed by atoms with Crippen LogP contribution in [0.5, 0.6) is 11.5 Å². The molecule has 0 aromatic heterocycles. The van der Waals surface area contributed by atoms with Crippen molar-refractivity contribution in [3.05, 3.63) is 63.7 Å². The average molecular weight is 569 g/mol. The van der Waals surface area contributed by atoms with E-state index in [9.17, 15) is 33.6 Å². The fourth-order valence-corrected chi connectivity index (χ4v) is 3.47. The molecule has 0 aliphatic rings. The van der Waals surface area contributed by atoms with Gasteiger partial charge >= 0.3 is 12.1 Å². The largest absolute Gasteiger partial charge is 0.492 e. The number of hydrogen-bond donors (Lipinski definition) is 1. The second kappa shape index (κ2) is 15.7. The topological polar surface area (TPSA) is 138 Å². The number of carbonyl (C=O) groups excluding carboxylic acids is 1. The van der Waals surface area contributed by atoms with Crippen LogP contribution in [0.4, 0.5) is 19.3 Å². The molecule has 0 aliphatic carbocycles. The highest BCUT2D eigenvalue weighted by Gasteiger charge is 2.22. The Labute approximate surface area is 230 Å². The summed E-state index contributed by atoms with van der Waals surface area (Å²) in [5.41, 5.74) is 0.933. The number of alkyl halides is 2. The molecule has 0 saturated heterocycles. The van der Waals surface area contributed by atoms with Crippen LogP contribution in [0.2, 0.25) is 0 Å². The van der Waals surface area contributed by atoms with E-state index >= 15 is 0 Å². The van der Waals surface area contributed by atoms with E-state index in [0.717, 1.165) is 18.6 Å². The lowest BCUT2D eigenvalue weighted by Gasteiger charge is -2.22. The molecule has 0 radical (unpaired) electrons. The van der Waals surface area contributed by atoms with Gasteiger partial charge < -0.3 is 29.0 Å². The van der Waals surface area contributed by atoms with Crippen LogP contribution < -0.4 is 9.47 Å². The normalized spacial score (nSPS) is 12.0. The molecule has 220 valence electrons. The van der Waals surface area contributed by atoms with Crippen LogP contribution >= 0.6 is 0 Å². The number of carboxylic acid groups (broad SMARTS) is 1. The summed E-state index contributed by atoms with van der Waals surface area (Å²) < 4.78 is 47.5. The molecule has 13 heteroatoms. The molecule has 40 heavy (non-hydrogen) atoms. The lowest BCUT2D eigenvalue weighted by atomic mass is 10.1. The zero-order chi connectivity index (χ0) is 29.7. The molecule has 0 aliphatic heterocycles. The number of carbonyl (C=O) groups is 2. The maximum atomic E-state index is 13.0. The third kappa shape index (κ3) is 11.5. The van der Waals surface area contributed by atoms with Crippen LogP contribution in [0.15, 0.2) is 42.5 Å². The first kappa shape index (κ1) is 32.4. The molecule has 0 fully saturated rings. The molecule has 1 amide bonds. The van der Waals surface area contributed by atoms with Gasteiger partial charge in [0, 0.05) is 31.6 Å². The minimum Gasteiger partial charge on any atom is -0.492 e. The third-order valence-electron chi connectivity index (χ3n) is 5.65. The number of aliphatic carboxylic acids is 1. The maximum Gasteiger partial charge on any atom is 0.415 e. The van der Waals surface area contributed by atoms with Gasteiger partial charge in [-0.25, -0.2) is 18.4 Å². The van der Waals surface area contributed by atoms with Gasteiger partial charge in [0.1, 0.15) is 18.1 Å². The summed E-state index contributed by atoms with van der Waals surface area (Å²) in [4.78, 5) is 36.0. The summed E-state index contributed by atoms with van der Waals surface area (Å²) in [7, 11) is 0. The Morgan fingerprint density at radius 3 is 2.33 bits per heavy atom. The molecule has 0 spiro atoms. The zero-order valence-corrected chi connectivity index (χ0v) is 22.6. The van der Waals surface area contributed by atoms with Crippen molar-refractivity contribution in [1.29, 1.82) is 0 Å². The Kier molecular flexibility index (Phi) is 12.7. The minimum absolute atomic E-state index is 0.00161. The second-order valence-electron chi connectivity index (χ2n) is 8.97. The van der Waals surface area contributed by atoms with E-state index in [0.29, 0.717) is 11.3 Å². The summed E-state index contributed by atoms with van der Waals surface area (Å²) in [6, 6.07) is 10.8. The van der Waals surface area contributed by atoms with E-state index in [-0.39, 0.29) is 57.4 Å². The standard InChI is InChI=1S/C27H34F2N2O9/c1-4-38-24(25(32)33)17-20-6-9-21(10-7-20)39-16-13-30(12-15-37-14-11-27(3,28)29)26(34)40-22-8-5-19(2)23(18-22)31(35)36/h5-10,18,24H,4,11-17H2,1-3H3,(H,32,33). The van der Waals surface area contributed by atoms with E-state index in [1.807, 2.05) is 0 Å². The molecule has 2 rings (SSSR count). The van der Waals surface area contributed by atoms with Crippen molar-refractivity contribution < 1.29 is 47.3 Å². The van der Waals surface area contributed by atoms with E-state index in [1.54, 1.807) is 38.1 Å². The molecule has 2 aromatic rings. The van der Waals surface area contributed by atoms with Gasteiger partial charge in [-0.2, -0.15) is 0 Å². The highest BCUT2D eigenvalue weighted by molar-refractivity contribution is 5.72. The maximum absolute atomic E-state index is 13.0. The van der Waals surface area contributed by atoms with E-state index in [2.05, 4.69) is 0 Å². The Morgan fingerprint density at radius 2 is 1.73 bits per heavy atom.